The summed E-state index contributed by atoms with van der Waals surface area (Å²) in [7, 11) is 0. The van der Waals surface area contributed by atoms with E-state index >= 15 is 0 Å². The van der Waals surface area contributed by atoms with Crippen molar-refractivity contribution in [3.8, 4) is 11.5 Å². The van der Waals surface area contributed by atoms with Crippen LogP contribution < -0.4 is 9.47 Å². The lowest BCUT2D eigenvalue weighted by Gasteiger charge is -2.40. The molecule has 2 aliphatic heterocycles. The van der Waals surface area contributed by atoms with Crippen LogP contribution in [0.1, 0.15) is 29.3 Å². The standard InChI is InChI=1S/C22H32O14/c1-2-3-8-4-9(33-21-10(6-23)14(25)16(27)19(31)35-21)5-12(13(8)18(29)30)34-22-11(7-24)15(26)17(28)20(32)36-22/h4-5,10-11,14-17,19-28,31-32H,2-3,6-7H2,1H3,(H,29,30)/t10-,11-,14-,15-,16+,17+,19+,20+,21?,22?/m1/s1. The molecule has 2 saturated heterocycles. The number of aliphatic hydroxyl groups excluding tert-OH is 8. The molecule has 0 bridgehead atoms. The highest BCUT2D eigenvalue weighted by Gasteiger charge is 2.46. The minimum absolute atomic E-state index is 0.0600. The van der Waals surface area contributed by atoms with Gasteiger partial charge in [-0.05, 0) is 18.1 Å². The van der Waals surface area contributed by atoms with Crippen molar-refractivity contribution >= 4 is 5.97 Å². The number of benzene rings is 1. The molecule has 1 aromatic carbocycles. The fourth-order valence-electron chi connectivity index (χ4n) is 4.20. The Balaban J connectivity index is 1.99. The van der Waals surface area contributed by atoms with Gasteiger partial charge in [0.2, 0.25) is 12.6 Å². The number of carboxylic acids is 1. The molecule has 2 unspecified atom stereocenters. The average Bonchev–Trinajstić information content (AvgIpc) is 2.81. The van der Waals surface area contributed by atoms with Crippen molar-refractivity contribution in [2.45, 2.75) is 69.3 Å². The lowest BCUT2D eigenvalue weighted by atomic mass is 9.94. The number of hydrogen-bond donors (Lipinski definition) is 9. The van der Waals surface area contributed by atoms with E-state index in [0.29, 0.717) is 6.42 Å². The Morgan fingerprint density at radius 2 is 1.33 bits per heavy atom. The quantitative estimate of drug-likeness (QED) is 0.159. The number of carbonyl (C=O) groups is 1. The minimum atomic E-state index is -1.88. The van der Waals surface area contributed by atoms with Gasteiger partial charge in [0.05, 0.1) is 37.3 Å². The SMILES string of the molecule is CCCc1cc(OC2O[C@H](O)[C@@H](O)[C@H](O)[C@H]2CO)cc(OC2O[C@H](O)[C@@H](O)[C@H](O)[C@H]2CO)c1C(=O)O. The third kappa shape index (κ3) is 5.73. The molecule has 2 fully saturated rings. The molecule has 204 valence electrons. The maximum absolute atomic E-state index is 12.1. The smallest absolute Gasteiger partial charge is 0.339 e. The molecular formula is C22H32O14. The fourth-order valence-corrected chi connectivity index (χ4v) is 4.20. The molecule has 0 aromatic heterocycles. The lowest BCUT2D eigenvalue weighted by Crippen LogP contribution is -2.57. The first-order chi connectivity index (χ1) is 17.0. The Kier molecular flexibility index (Phi) is 9.45. The second kappa shape index (κ2) is 12.0. The van der Waals surface area contributed by atoms with E-state index in [1.807, 2.05) is 0 Å². The van der Waals surface area contributed by atoms with Gasteiger partial charge in [-0.3, -0.25) is 0 Å². The molecule has 10 atom stereocenters. The van der Waals surface area contributed by atoms with Crippen LogP contribution in [0.5, 0.6) is 11.5 Å². The van der Waals surface area contributed by atoms with Crippen LogP contribution in [0, 0.1) is 11.8 Å². The molecule has 2 heterocycles. The predicted octanol–water partition coefficient (Wildman–Crippen LogP) is -2.90. The van der Waals surface area contributed by atoms with E-state index in [9.17, 15) is 50.8 Å². The Morgan fingerprint density at radius 1 is 0.833 bits per heavy atom. The maximum Gasteiger partial charge on any atom is 0.339 e. The van der Waals surface area contributed by atoms with E-state index in [1.165, 1.54) is 6.07 Å². The van der Waals surface area contributed by atoms with Gasteiger partial charge in [-0.25, -0.2) is 4.79 Å². The summed E-state index contributed by atoms with van der Waals surface area (Å²) in [5.41, 5.74) is -0.0502. The van der Waals surface area contributed by atoms with E-state index in [2.05, 4.69) is 0 Å². The first kappa shape index (κ1) is 28.5. The van der Waals surface area contributed by atoms with E-state index in [0.717, 1.165) is 6.07 Å². The van der Waals surface area contributed by atoms with Gasteiger partial charge >= 0.3 is 5.97 Å². The van der Waals surface area contributed by atoms with Crippen molar-refractivity contribution < 1.29 is 69.7 Å². The van der Waals surface area contributed by atoms with E-state index in [4.69, 9.17) is 18.9 Å². The largest absolute Gasteiger partial charge is 0.478 e. The van der Waals surface area contributed by atoms with E-state index < -0.39 is 80.6 Å². The summed E-state index contributed by atoms with van der Waals surface area (Å²) in [4.78, 5) is 12.1. The van der Waals surface area contributed by atoms with Crippen LogP contribution in [0.15, 0.2) is 12.1 Å². The van der Waals surface area contributed by atoms with Gasteiger partial charge in [-0.15, -0.1) is 0 Å². The van der Waals surface area contributed by atoms with Crippen LogP contribution >= 0.6 is 0 Å². The van der Waals surface area contributed by atoms with Crippen LogP contribution in [-0.4, -0.2) is 115 Å². The van der Waals surface area contributed by atoms with Crippen molar-refractivity contribution in [2.75, 3.05) is 13.2 Å². The van der Waals surface area contributed by atoms with Crippen LogP contribution in [0.4, 0.5) is 0 Å². The number of ether oxygens (including phenoxy) is 4. The van der Waals surface area contributed by atoms with Gasteiger partial charge in [-0.2, -0.15) is 0 Å². The minimum Gasteiger partial charge on any atom is -0.478 e. The van der Waals surface area contributed by atoms with Crippen LogP contribution in [0.2, 0.25) is 0 Å². The lowest BCUT2D eigenvalue weighted by molar-refractivity contribution is -0.313. The van der Waals surface area contributed by atoms with Crippen LogP contribution in [0.3, 0.4) is 0 Å². The molecule has 0 aliphatic carbocycles. The summed E-state index contributed by atoms with van der Waals surface area (Å²) in [5, 5.41) is 88.9. The number of aromatic carboxylic acids is 1. The highest BCUT2D eigenvalue weighted by Crippen LogP contribution is 2.36. The Labute approximate surface area is 205 Å². The number of aryl methyl sites for hydroxylation is 1. The average molecular weight is 520 g/mol. The van der Waals surface area contributed by atoms with Gasteiger partial charge < -0.3 is 64.9 Å². The molecule has 3 rings (SSSR count). The molecule has 14 heteroatoms. The number of aliphatic hydroxyl groups is 8. The second-order valence-electron chi connectivity index (χ2n) is 8.69. The summed E-state index contributed by atoms with van der Waals surface area (Å²) in [6, 6.07) is 2.48. The third-order valence-electron chi connectivity index (χ3n) is 6.22. The molecule has 9 N–H and O–H groups in total. The van der Waals surface area contributed by atoms with Crippen molar-refractivity contribution in [1.82, 2.24) is 0 Å². The molecule has 0 amide bonds. The zero-order valence-electron chi connectivity index (χ0n) is 19.3. The maximum atomic E-state index is 12.1. The van der Waals surface area contributed by atoms with Crippen molar-refractivity contribution in [2.24, 2.45) is 11.8 Å². The summed E-state index contributed by atoms with van der Waals surface area (Å²) in [5.74, 6) is -4.20. The molecule has 0 spiro atoms. The molecule has 0 radical (unpaired) electrons. The van der Waals surface area contributed by atoms with Crippen LogP contribution in [0.25, 0.3) is 0 Å². The number of carboxylic acid groups (broad SMARTS) is 1. The van der Waals surface area contributed by atoms with E-state index in [1.54, 1.807) is 6.92 Å². The monoisotopic (exact) mass is 520 g/mol. The third-order valence-corrected chi connectivity index (χ3v) is 6.22. The fraction of sp³-hybridized carbons (Fsp3) is 0.682. The summed E-state index contributed by atoms with van der Waals surface area (Å²) in [6.45, 7) is 0.377. The van der Waals surface area contributed by atoms with Gasteiger partial charge in [0.15, 0.2) is 12.6 Å². The van der Waals surface area contributed by atoms with Gasteiger partial charge in [0.1, 0.15) is 29.3 Å². The summed E-state index contributed by atoms with van der Waals surface area (Å²) in [6.07, 6.45) is -12.7. The number of rotatable bonds is 9. The molecular weight excluding hydrogens is 488 g/mol. The topological polar surface area (TPSA) is 236 Å². The molecule has 36 heavy (non-hydrogen) atoms. The molecule has 2 aliphatic rings. The van der Waals surface area contributed by atoms with Crippen molar-refractivity contribution in [1.29, 1.82) is 0 Å². The van der Waals surface area contributed by atoms with E-state index in [-0.39, 0.29) is 29.0 Å². The molecule has 14 nitrogen and oxygen atoms in total. The Bertz CT molecular complexity index is 896. The van der Waals surface area contributed by atoms with Gasteiger partial charge in [0.25, 0.3) is 0 Å². The first-order valence-electron chi connectivity index (χ1n) is 11.4. The summed E-state index contributed by atoms with van der Waals surface area (Å²) >= 11 is 0. The highest BCUT2D eigenvalue weighted by molar-refractivity contribution is 5.93. The van der Waals surface area contributed by atoms with Crippen molar-refractivity contribution in [3.05, 3.63) is 23.3 Å². The second-order valence-corrected chi connectivity index (χ2v) is 8.69. The van der Waals surface area contributed by atoms with Crippen molar-refractivity contribution in [3.63, 3.8) is 0 Å². The normalized spacial score (nSPS) is 36.9. The molecule has 0 saturated carbocycles. The molecule has 1 aromatic rings. The number of hydrogen-bond acceptors (Lipinski definition) is 13. The van der Waals surface area contributed by atoms with Gasteiger partial charge in [0, 0.05) is 6.07 Å². The predicted molar refractivity (Wildman–Crippen MR) is 116 cm³/mol. The van der Waals surface area contributed by atoms with Crippen LogP contribution in [-0.2, 0) is 15.9 Å². The van der Waals surface area contributed by atoms with Gasteiger partial charge in [-0.1, -0.05) is 13.3 Å². The Hall–Kier alpha value is -2.11. The Morgan fingerprint density at radius 3 is 1.78 bits per heavy atom. The zero-order chi connectivity index (χ0) is 26.7. The highest BCUT2D eigenvalue weighted by atomic mass is 16.7. The first-order valence-corrected chi connectivity index (χ1v) is 11.4. The summed E-state index contributed by atoms with van der Waals surface area (Å²) < 4.78 is 21.7. The zero-order valence-corrected chi connectivity index (χ0v) is 19.3.